The van der Waals surface area contributed by atoms with Gasteiger partial charge in [-0.25, -0.2) is 14.1 Å². The molecule has 0 spiro atoms. The molecule has 0 aliphatic carbocycles. The first kappa shape index (κ1) is 22.5. The number of nitrogens with two attached hydrogens (primary N) is 1. The van der Waals surface area contributed by atoms with Crippen LogP contribution < -0.4 is 11.1 Å². The van der Waals surface area contributed by atoms with Crippen LogP contribution in [-0.2, 0) is 16.0 Å². The van der Waals surface area contributed by atoms with E-state index in [2.05, 4.69) is 15.4 Å². The summed E-state index contributed by atoms with van der Waals surface area (Å²) in [6, 6.07) is 17.1. The van der Waals surface area contributed by atoms with Crippen LogP contribution in [0.1, 0.15) is 15.9 Å². The van der Waals surface area contributed by atoms with Crippen molar-refractivity contribution in [1.29, 1.82) is 0 Å². The minimum Gasteiger partial charge on any atom is -0.363 e. The minimum atomic E-state index is -1.16. The summed E-state index contributed by atoms with van der Waals surface area (Å²) in [4.78, 5) is 41.4. The summed E-state index contributed by atoms with van der Waals surface area (Å²) >= 11 is 0. The molecule has 0 bridgehead atoms. The molecule has 0 saturated carbocycles. The van der Waals surface area contributed by atoms with Gasteiger partial charge in [0.25, 0.3) is 11.8 Å². The Balaban J connectivity index is 1.63. The quantitative estimate of drug-likeness (QED) is 0.394. The normalized spacial score (nSPS) is 11.6. The smallest absolute Gasteiger partial charge is 0.287 e. The molecule has 9 heteroatoms. The van der Waals surface area contributed by atoms with E-state index < -0.39 is 29.5 Å². The third-order valence-electron chi connectivity index (χ3n) is 5.16. The van der Waals surface area contributed by atoms with E-state index in [1.165, 1.54) is 29.2 Å². The Morgan fingerprint density at radius 2 is 1.74 bits per heavy atom. The van der Waals surface area contributed by atoms with Crippen LogP contribution in [0.3, 0.4) is 0 Å². The fraction of sp³-hybridized carbons (Fsp3) is 0.0800. The van der Waals surface area contributed by atoms with Gasteiger partial charge in [0, 0.05) is 29.9 Å². The second kappa shape index (κ2) is 9.86. The van der Waals surface area contributed by atoms with Crippen molar-refractivity contribution < 1.29 is 18.8 Å². The average molecular weight is 457 g/mol. The lowest BCUT2D eigenvalue weighted by atomic mass is 10.0. The molecule has 1 unspecified atom stereocenters. The van der Waals surface area contributed by atoms with Crippen molar-refractivity contribution in [2.45, 2.75) is 12.5 Å². The molecule has 2 heterocycles. The number of aromatic nitrogens is 3. The lowest BCUT2D eigenvalue weighted by Crippen LogP contribution is -2.47. The Morgan fingerprint density at radius 1 is 1.00 bits per heavy atom. The largest absolute Gasteiger partial charge is 0.363 e. The Bertz CT molecular complexity index is 1350. The zero-order chi connectivity index (χ0) is 24.1. The number of nitrogens with one attached hydrogen (secondary N) is 1. The van der Waals surface area contributed by atoms with Crippen LogP contribution in [0.25, 0.3) is 16.9 Å². The van der Waals surface area contributed by atoms with Gasteiger partial charge in [-0.1, -0.05) is 48.5 Å². The molecule has 4 rings (SSSR count). The number of amides is 2. The van der Waals surface area contributed by atoms with Crippen molar-refractivity contribution in [2.75, 3.05) is 0 Å². The molecule has 0 aliphatic heterocycles. The van der Waals surface area contributed by atoms with Crippen LogP contribution >= 0.6 is 0 Å². The molecule has 170 valence electrons. The van der Waals surface area contributed by atoms with E-state index in [1.807, 2.05) is 6.07 Å². The predicted molar refractivity (Wildman–Crippen MR) is 122 cm³/mol. The van der Waals surface area contributed by atoms with E-state index in [0.29, 0.717) is 11.1 Å². The highest BCUT2D eigenvalue weighted by atomic mass is 19.1. The number of carbonyl (C=O) groups is 3. The van der Waals surface area contributed by atoms with Crippen molar-refractivity contribution in [3.05, 3.63) is 102 Å². The average Bonchev–Trinajstić information content (AvgIpc) is 3.34. The minimum absolute atomic E-state index is 0.0865. The Hall–Kier alpha value is -4.66. The fourth-order valence-corrected chi connectivity index (χ4v) is 3.50. The first-order valence-electron chi connectivity index (χ1n) is 10.4. The van der Waals surface area contributed by atoms with Crippen molar-refractivity contribution in [3.8, 4) is 16.9 Å². The Labute approximate surface area is 194 Å². The topological polar surface area (TPSA) is 120 Å². The summed E-state index contributed by atoms with van der Waals surface area (Å²) in [6.07, 6.45) is 4.58. The predicted octanol–water partition coefficient (Wildman–Crippen LogP) is 2.47. The summed E-state index contributed by atoms with van der Waals surface area (Å²) in [5, 5.41) is 6.81. The molecule has 8 nitrogen and oxygen atoms in total. The number of halogens is 1. The van der Waals surface area contributed by atoms with E-state index >= 15 is 0 Å². The third kappa shape index (κ3) is 4.88. The van der Waals surface area contributed by atoms with Crippen molar-refractivity contribution in [1.82, 2.24) is 20.1 Å². The van der Waals surface area contributed by atoms with E-state index in [1.54, 1.807) is 54.7 Å². The molecular weight excluding hydrogens is 437 g/mol. The van der Waals surface area contributed by atoms with Gasteiger partial charge in [0.1, 0.15) is 11.9 Å². The van der Waals surface area contributed by atoms with Gasteiger partial charge in [0.15, 0.2) is 5.82 Å². The maximum atomic E-state index is 14.2. The van der Waals surface area contributed by atoms with E-state index in [4.69, 9.17) is 5.73 Å². The van der Waals surface area contributed by atoms with Gasteiger partial charge in [0.05, 0.1) is 11.8 Å². The first-order valence-corrected chi connectivity index (χ1v) is 10.4. The number of hydrogen-bond donors (Lipinski definition) is 2. The molecule has 3 N–H and O–H groups in total. The molecule has 0 radical (unpaired) electrons. The third-order valence-corrected chi connectivity index (χ3v) is 5.16. The fourth-order valence-electron chi connectivity index (χ4n) is 3.50. The van der Waals surface area contributed by atoms with Crippen LogP contribution in [-0.4, -0.2) is 38.4 Å². The zero-order valence-electron chi connectivity index (χ0n) is 17.9. The first-order chi connectivity index (χ1) is 16.4. The molecule has 0 saturated heterocycles. The van der Waals surface area contributed by atoms with Crippen LogP contribution in [0.5, 0.6) is 0 Å². The molecule has 1 atom stereocenters. The number of ketones is 1. The molecule has 0 fully saturated rings. The zero-order valence-corrected chi connectivity index (χ0v) is 17.9. The SMILES string of the molecule is NC(=O)C(=O)C(Cc1ccccc1)NC(=O)c1cccnc1-n1cc(-c2ccccc2F)cn1. The van der Waals surface area contributed by atoms with Gasteiger partial charge in [0.2, 0.25) is 5.78 Å². The van der Waals surface area contributed by atoms with Gasteiger partial charge in [-0.2, -0.15) is 5.10 Å². The summed E-state index contributed by atoms with van der Waals surface area (Å²) in [5.74, 6) is -2.93. The van der Waals surface area contributed by atoms with Gasteiger partial charge in [-0.15, -0.1) is 0 Å². The van der Waals surface area contributed by atoms with Crippen LogP contribution in [0, 0.1) is 5.82 Å². The van der Waals surface area contributed by atoms with Gasteiger partial charge in [-0.3, -0.25) is 14.4 Å². The molecule has 2 amide bonds. The summed E-state index contributed by atoms with van der Waals surface area (Å²) in [7, 11) is 0. The van der Waals surface area contributed by atoms with Crippen molar-refractivity contribution in [2.24, 2.45) is 5.73 Å². The molecule has 34 heavy (non-hydrogen) atoms. The molecular formula is C25H20FN5O3. The van der Waals surface area contributed by atoms with E-state index in [9.17, 15) is 18.8 Å². The maximum Gasteiger partial charge on any atom is 0.287 e. The van der Waals surface area contributed by atoms with Crippen molar-refractivity contribution >= 4 is 17.6 Å². The Morgan fingerprint density at radius 3 is 2.47 bits per heavy atom. The standard InChI is InChI=1S/C25H20FN5O3/c26-20-11-5-4-9-18(20)17-14-29-31(15-17)24-19(10-6-12-28-24)25(34)30-21(22(32)23(27)33)13-16-7-2-1-3-8-16/h1-12,14-15,21H,13H2,(H2,27,33)(H,30,34). The van der Waals surface area contributed by atoms with E-state index in [0.717, 1.165) is 5.56 Å². The van der Waals surface area contributed by atoms with Crippen LogP contribution in [0.15, 0.2) is 85.3 Å². The number of benzene rings is 2. The highest BCUT2D eigenvalue weighted by Gasteiger charge is 2.27. The number of primary amides is 1. The maximum absolute atomic E-state index is 14.2. The molecule has 4 aromatic rings. The summed E-state index contributed by atoms with van der Waals surface area (Å²) in [6.45, 7) is 0. The summed E-state index contributed by atoms with van der Waals surface area (Å²) < 4.78 is 15.5. The highest BCUT2D eigenvalue weighted by molar-refractivity contribution is 6.38. The van der Waals surface area contributed by atoms with Gasteiger partial charge in [-0.05, 0) is 23.8 Å². The monoisotopic (exact) mass is 457 g/mol. The summed E-state index contributed by atoms with van der Waals surface area (Å²) in [5.41, 5.74) is 6.91. The lowest BCUT2D eigenvalue weighted by molar-refractivity contribution is -0.137. The molecule has 0 aliphatic rings. The van der Waals surface area contributed by atoms with E-state index in [-0.39, 0.29) is 17.8 Å². The molecule has 2 aromatic carbocycles. The van der Waals surface area contributed by atoms with Gasteiger partial charge >= 0.3 is 0 Å². The number of Topliss-reactive ketones (excluding diaryl/α,β-unsaturated/α-hetero) is 1. The number of nitrogens with zero attached hydrogens (tertiary/aromatic N) is 3. The van der Waals surface area contributed by atoms with Crippen LogP contribution in [0.2, 0.25) is 0 Å². The second-order valence-corrected chi connectivity index (χ2v) is 7.47. The number of carbonyl (C=O) groups excluding carboxylic acids is 3. The Kier molecular flexibility index (Phi) is 6.54. The van der Waals surface area contributed by atoms with Gasteiger partial charge < -0.3 is 11.1 Å². The number of hydrogen-bond acceptors (Lipinski definition) is 5. The second-order valence-electron chi connectivity index (χ2n) is 7.47. The lowest BCUT2D eigenvalue weighted by Gasteiger charge is -2.17. The van der Waals surface area contributed by atoms with Crippen LogP contribution in [0.4, 0.5) is 4.39 Å². The molecule has 2 aromatic heterocycles. The number of rotatable bonds is 8. The number of pyridine rings is 1. The van der Waals surface area contributed by atoms with Crippen molar-refractivity contribution in [3.63, 3.8) is 0 Å². The highest BCUT2D eigenvalue weighted by Crippen LogP contribution is 2.23.